The molecule has 0 bridgehead atoms. The van der Waals surface area contributed by atoms with Crippen LogP contribution < -0.4 is 10.1 Å². The van der Waals surface area contributed by atoms with Crippen LogP contribution in [0.5, 0.6) is 5.75 Å². The standard InChI is InChI=1S/C20H24N2O4S/c1-27(24,25)15-16-6-5-7-17(14-16)21-20(23)22-12-10-19(11-13-22)26-18-8-3-2-4-9-18/h2-9,14,19H,10-13,15H2,1H3,(H,21,23). The fourth-order valence-corrected chi connectivity index (χ4v) is 3.90. The number of ether oxygens (including phenoxy) is 1. The molecule has 144 valence electrons. The molecule has 2 amide bonds. The van der Waals surface area contributed by atoms with Gasteiger partial charge in [-0.15, -0.1) is 0 Å². The van der Waals surface area contributed by atoms with Crippen molar-refractivity contribution < 1.29 is 17.9 Å². The minimum atomic E-state index is -3.11. The third-order valence-corrected chi connectivity index (χ3v) is 5.24. The van der Waals surface area contributed by atoms with Crippen LogP contribution in [-0.2, 0) is 15.6 Å². The van der Waals surface area contributed by atoms with E-state index in [1.165, 1.54) is 6.26 Å². The zero-order valence-electron chi connectivity index (χ0n) is 15.3. The van der Waals surface area contributed by atoms with E-state index in [9.17, 15) is 13.2 Å². The number of carbonyl (C=O) groups excluding carboxylic acids is 1. The van der Waals surface area contributed by atoms with Crippen LogP contribution >= 0.6 is 0 Å². The first-order chi connectivity index (χ1) is 12.9. The van der Waals surface area contributed by atoms with Crippen molar-refractivity contribution in [3.8, 4) is 5.75 Å². The number of hydrogen-bond donors (Lipinski definition) is 1. The van der Waals surface area contributed by atoms with E-state index < -0.39 is 9.84 Å². The first kappa shape index (κ1) is 19.2. The van der Waals surface area contributed by atoms with E-state index >= 15 is 0 Å². The maximum atomic E-state index is 12.5. The summed E-state index contributed by atoms with van der Waals surface area (Å²) in [7, 11) is -3.11. The van der Waals surface area contributed by atoms with Gasteiger partial charge in [0.2, 0.25) is 0 Å². The molecule has 1 fully saturated rings. The Morgan fingerprint density at radius 3 is 2.48 bits per heavy atom. The van der Waals surface area contributed by atoms with Crippen LogP contribution in [0.1, 0.15) is 18.4 Å². The molecule has 1 saturated heterocycles. The topological polar surface area (TPSA) is 75.7 Å². The molecule has 7 heteroatoms. The quantitative estimate of drug-likeness (QED) is 0.853. The zero-order valence-corrected chi connectivity index (χ0v) is 16.1. The monoisotopic (exact) mass is 388 g/mol. The average Bonchev–Trinajstić information content (AvgIpc) is 2.62. The fraction of sp³-hybridized carbons (Fsp3) is 0.350. The summed E-state index contributed by atoms with van der Waals surface area (Å²) in [5, 5.41) is 2.85. The summed E-state index contributed by atoms with van der Waals surface area (Å²) in [4.78, 5) is 14.2. The van der Waals surface area contributed by atoms with E-state index in [4.69, 9.17) is 4.74 Å². The van der Waals surface area contributed by atoms with Crippen LogP contribution in [0, 0.1) is 0 Å². The lowest BCUT2D eigenvalue weighted by Crippen LogP contribution is -2.43. The van der Waals surface area contributed by atoms with Gasteiger partial charge in [0, 0.05) is 37.9 Å². The van der Waals surface area contributed by atoms with Gasteiger partial charge in [-0.1, -0.05) is 30.3 Å². The summed E-state index contributed by atoms with van der Waals surface area (Å²) in [6.45, 7) is 1.23. The number of likely N-dealkylation sites (tertiary alicyclic amines) is 1. The SMILES string of the molecule is CS(=O)(=O)Cc1cccc(NC(=O)N2CCC(Oc3ccccc3)CC2)c1. The number of rotatable bonds is 5. The molecule has 0 unspecified atom stereocenters. The molecule has 2 aromatic rings. The molecule has 0 atom stereocenters. The van der Waals surface area contributed by atoms with E-state index in [-0.39, 0.29) is 17.9 Å². The number of para-hydroxylation sites is 1. The third-order valence-electron chi connectivity index (χ3n) is 4.38. The Kier molecular flexibility index (Phi) is 6.01. The molecule has 27 heavy (non-hydrogen) atoms. The Balaban J connectivity index is 1.52. The first-order valence-corrected chi connectivity index (χ1v) is 11.0. The van der Waals surface area contributed by atoms with Gasteiger partial charge in [-0.05, 0) is 29.8 Å². The summed E-state index contributed by atoms with van der Waals surface area (Å²) in [5.74, 6) is 0.807. The highest BCUT2D eigenvalue weighted by Crippen LogP contribution is 2.20. The fourth-order valence-electron chi connectivity index (χ4n) is 3.11. The largest absolute Gasteiger partial charge is 0.490 e. The van der Waals surface area contributed by atoms with Crippen LogP contribution in [0.4, 0.5) is 10.5 Å². The lowest BCUT2D eigenvalue weighted by Gasteiger charge is -2.32. The van der Waals surface area contributed by atoms with Gasteiger partial charge in [0.15, 0.2) is 9.84 Å². The van der Waals surface area contributed by atoms with Gasteiger partial charge in [0.1, 0.15) is 11.9 Å². The number of piperidine rings is 1. The van der Waals surface area contributed by atoms with Crippen molar-refractivity contribution in [1.29, 1.82) is 0 Å². The number of carbonyl (C=O) groups is 1. The normalized spacial score (nSPS) is 15.4. The summed E-state index contributed by atoms with van der Waals surface area (Å²) >= 11 is 0. The molecule has 1 N–H and O–H groups in total. The molecule has 1 aliphatic heterocycles. The van der Waals surface area contributed by atoms with Crippen molar-refractivity contribution in [2.45, 2.75) is 24.7 Å². The maximum Gasteiger partial charge on any atom is 0.321 e. The zero-order chi connectivity index (χ0) is 19.3. The second kappa shape index (κ2) is 8.43. The van der Waals surface area contributed by atoms with Crippen molar-refractivity contribution in [3.63, 3.8) is 0 Å². The molecule has 0 aromatic heterocycles. The molecule has 1 heterocycles. The Morgan fingerprint density at radius 2 is 1.81 bits per heavy atom. The van der Waals surface area contributed by atoms with Gasteiger partial charge in [-0.25, -0.2) is 13.2 Å². The molecule has 0 saturated carbocycles. The van der Waals surface area contributed by atoms with Gasteiger partial charge in [0.05, 0.1) is 5.75 Å². The van der Waals surface area contributed by atoms with E-state index in [1.54, 1.807) is 29.2 Å². The van der Waals surface area contributed by atoms with Crippen LogP contribution in [0.15, 0.2) is 54.6 Å². The molecular weight excluding hydrogens is 364 g/mol. The number of urea groups is 1. The summed E-state index contributed by atoms with van der Waals surface area (Å²) in [6.07, 6.45) is 2.85. The van der Waals surface area contributed by atoms with E-state index in [0.717, 1.165) is 18.6 Å². The van der Waals surface area contributed by atoms with Crippen LogP contribution in [0.2, 0.25) is 0 Å². The molecular formula is C20H24N2O4S. The minimum absolute atomic E-state index is 0.0427. The molecule has 6 nitrogen and oxygen atoms in total. The number of benzene rings is 2. The Morgan fingerprint density at radius 1 is 1.11 bits per heavy atom. The highest BCUT2D eigenvalue weighted by molar-refractivity contribution is 7.89. The molecule has 0 aliphatic carbocycles. The Hall–Kier alpha value is -2.54. The van der Waals surface area contributed by atoms with Crippen molar-refractivity contribution in [2.75, 3.05) is 24.7 Å². The number of anilines is 1. The van der Waals surface area contributed by atoms with Gasteiger partial charge >= 0.3 is 6.03 Å². The van der Waals surface area contributed by atoms with Gasteiger partial charge in [0.25, 0.3) is 0 Å². The lowest BCUT2D eigenvalue weighted by atomic mass is 10.1. The first-order valence-electron chi connectivity index (χ1n) is 8.93. The van der Waals surface area contributed by atoms with Crippen molar-refractivity contribution in [2.24, 2.45) is 0 Å². The van der Waals surface area contributed by atoms with Gasteiger partial charge in [-0.3, -0.25) is 0 Å². The van der Waals surface area contributed by atoms with Crippen molar-refractivity contribution in [3.05, 3.63) is 60.2 Å². The number of nitrogens with one attached hydrogen (secondary N) is 1. The van der Waals surface area contributed by atoms with Gasteiger partial charge < -0.3 is 15.0 Å². The predicted molar refractivity (Wildman–Crippen MR) is 106 cm³/mol. The smallest absolute Gasteiger partial charge is 0.321 e. The summed E-state index contributed by atoms with van der Waals surface area (Å²) in [6, 6.07) is 16.5. The second-order valence-electron chi connectivity index (χ2n) is 6.82. The number of sulfone groups is 1. The van der Waals surface area contributed by atoms with Crippen molar-refractivity contribution in [1.82, 2.24) is 4.90 Å². The summed E-state index contributed by atoms with van der Waals surface area (Å²) < 4.78 is 28.8. The second-order valence-corrected chi connectivity index (χ2v) is 8.96. The minimum Gasteiger partial charge on any atom is -0.490 e. The Bertz CT molecular complexity index is 876. The average molecular weight is 388 g/mol. The maximum absolute atomic E-state index is 12.5. The predicted octanol–water partition coefficient (Wildman–Crippen LogP) is 3.31. The molecule has 2 aromatic carbocycles. The lowest BCUT2D eigenvalue weighted by molar-refractivity contribution is 0.115. The molecule has 1 aliphatic rings. The molecule has 0 radical (unpaired) electrons. The van der Waals surface area contributed by atoms with Gasteiger partial charge in [-0.2, -0.15) is 0 Å². The number of hydrogen-bond acceptors (Lipinski definition) is 4. The number of amides is 2. The third kappa shape index (κ3) is 5.99. The Labute approximate surface area is 160 Å². The highest BCUT2D eigenvalue weighted by Gasteiger charge is 2.24. The van der Waals surface area contributed by atoms with E-state index in [0.29, 0.717) is 24.3 Å². The molecule has 0 spiro atoms. The summed E-state index contributed by atoms with van der Waals surface area (Å²) in [5.41, 5.74) is 1.26. The van der Waals surface area contributed by atoms with Crippen LogP contribution in [-0.4, -0.2) is 44.8 Å². The van der Waals surface area contributed by atoms with Crippen LogP contribution in [0.25, 0.3) is 0 Å². The van der Waals surface area contributed by atoms with E-state index in [1.807, 2.05) is 30.3 Å². The van der Waals surface area contributed by atoms with E-state index in [2.05, 4.69) is 5.32 Å². The highest BCUT2D eigenvalue weighted by atomic mass is 32.2. The molecule has 3 rings (SSSR count). The van der Waals surface area contributed by atoms with Crippen LogP contribution in [0.3, 0.4) is 0 Å². The number of nitrogens with zero attached hydrogens (tertiary/aromatic N) is 1. The van der Waals surface area contributed by atoms with Crippen molar-refractivity contribution >= 4 is 21.6 Å².